The summed E-state index contributed by atoms with van der Waals surface area (Å²) in [4.78, 5) is 14.2. The van der Waals surface area contributed by atoms with Gasteiger partial charge in [-0.25, -0.2) is 0 Å². The highest BCUT2D eigenvalue weighted by Gasteiger charge is 2.15. The molecule has 4 heteroatoms. The van der Waals surface area contributed by atoms with E-state index in [2.05, 4.69) is 10.2 Å². The van der Waals surface area contributed by atoms with Gasteiger partial charge in [-0.15, -0.1) is 0 Å². The summed E-state index contributed by atoms with van der Waals surface area (Å²) in [6.45, 7) is 5.28. The van der Waals surface area contributed by atoms with Gasteiger partial charge in [-0.05, 0) is 56.6 Å². The number of anilines is 1. The number of nitrogens with one attached hydrogen (secondary N) is 1. The van der Waals surface area contributed by atoms with Crippen LogP contribution < -0.4 is 11.1 Å². The Labute approximate surface area is 120 Å². The number of nitrogens with zero attached hydrogens (tertiary/aromatic N) is 1. The first kappa shape index (κ1) is 14.6. The topological polar surface area (TPSA) is 58.4 Å². The van der Waals surface area contributed by atoms with E-state index in [1.54, 1.807) is 12.2 Å². The van der Waals surface area contributed by atoms with E-state index in [1.165, 1.54) is 12.8 Å². The third-order valence-electron chi connectivity index (χ3n) is 3.46. The maximum absolute atomic E-state index is 11.8. The Morgan fingerprint density at radius 3 is 2.90 bits per heavy atom. The van der Waals surface area contributed by atoms with Crippen LogP contribution >= 0.6 is 0 Å². The number of nitrogen functional groups attached to an aromatic ring is 1. The molecule has 1 heterocycles. The van der Waals surface area contributed by atoms with Crippen LogP contribution in [0.3, 0.4) is 0 Å². The Kier molecular flexibility index (Phi) is 5.18. The second kappa shape index (κ2) is 7.10. The zero-order valence-corrected chi connectivity index (χ0v) is 12.0. The highest BCUT2D eigenvalue weighted by Crippen LogP contribution is 2.09. The summed E-state index contributed by atoms with van der Waals surface area (Å²) in [5, 5.41) is 2.99. The largest absolute Gasteiger partial charge is 0.399 e. The first-order valence-electron chi connectivity index (χ1n) is 7.20. The standard InChI is InChI=1S/C16H23N3O/c1-13(12-19-9-2-3-10-19)18-16(20)8-7-14-5-4-6-15(17)11-14/h4-8,11,13H,2-3,9-10,12,17H2,1H3,(H,18,20)/b8-7+. The monoisotopic (exact) mass is 273 g/mol. The molecule has 1 aliphatic rings. The number of nitrogens with two attached hydrogens (primary N) is 1. The van der Waals surface area contributed by atoms with Crippen LogP contribution in [0.4, 0.5) is 5.69 Å². The Morgan fingerprint density at radius 2 is 2.20 bits per heavy atom. The number of benzene rings is 1. The number of rotatable bonds is 5. The molecule has 108 valence electrons. The molecular weight excluding hydrogens is 250 g/mol. The molecule has 1 aliphatic heterocycles. The fourth-order valence-electron chi connectivity index (χ4n) is 2.52. The van der Waals surface area contributed by atoms with Crippen LogP contribution in [0.25, 0.3) is 6.08 Å². The summed E-state index contributed by atoms with van der Waals surface area (Å²) in [5.74, 6) is -0.0564. The second-order valence-corrected chi connectivity index (χ2v) is 5.42. The lowest BCUT2D eigenvalue weighted by atomic mass is 10.2. The van der Waals surface area contributed by atoms with Gasteiger partial charge < -0.3 is 16.0 Å². The number of hydrogen-bond acceptors (Lipinski definition) is 3. The summed E-state index contributed by atoms with van der Waals surface area (Å²) in [7, 11) is 0. The van der Waals surface area contributed by atoms with Crippen molar-refractivity contribution in [2.24, 2.45) is 0 Å². The first-order valence-corrected chi connectivity index (χ1v) is 7.20. The van der Waals surface area contributed by atoms with Crippen molar-refractivity contribution >= 4 is 17.7 Å². The number of carbonyl (C=O) groups excluding carboxylic acids is 1. The van der Waals surface area contributed by atoms with Crippen molar-refractivity contribution in [2.45, 2.75) is 25.8 Å². The maximum atomic E-state index is 11.8. The van der Waals surface area contributed by atoms with Crippen molar-refractivity contribution < 1.29 is 4.79 Å². The van der Waals surface area contributed by atoms with Gasteiger partial charge in [-0.2, -0.15) is 0 Å². The Bertz CT molecular complexity index is 478. The average molecular weight is 273 g/mol. The molecule has 0 spiro atoms. The van der Waals surface area contributed by atoms with Crippen LogP contribution in [0.1, 0.15) is 25.3 Å². The molecule has 0 aliphatic carbocycles. The molecular formula is C16H23N3O. The zero-order chi connectivity index (χ0) is 14.4. The lowest BCUT2D eigenvalue weighted by Crippen LogP contribution is -2.40. The van der Waals surface area contributed by atoms with Gasteiger partial charge in [0, 0.05) is 24.4 Å². The van der Waals surface area contributed by atoms with Gasteiger partial charge in [-0.1, -0.05) is 12.1 Å². The molecule has 0 saturated carbocycles. The third kappa shape index (κ3) is 4.70. The molecule has 1 fully saturated rings. The lowest BCUT2D eigenvalue weighted by molar-refractivity contribution is -0.117. The SMILES string of the molecule is CC(CN1CCCC1)NC(=O)/C=C/c1cccc(N)c1. The zero-order valence-electron chi connectivity index (χ0n) is 12.0. The van der Waals surface area contributed by atoms with Gasteiger partial charge in [0.25, 0.3) is 0 Å². The minimum Gasteiger partial charge on any atom is -0.399 e. The molecule has 1 saturated heterocycles. The smallest absolute Gasteiger partial charge is 0.244 e. The Balaban J connectivity index is 1.79. The maximum Gasteiger partial charge on any atom is 0.244 e. The number of carbonyl (C=O) groups is 1. The summed E-state index contributed by atoms with van der Waals surface area (Å²) < 4.78 is 0. The van der Waals surface area contributed by atoms with E-state index < -0.39 is 0 Å². The third-order valence-corrected chi connectivity index (χ3v) is 3.46. The molecule has 1 unspecified atom stereocenters. The number of hydrogen-bond donors (Lipinski definition) is 2. The van der Waals surface area contributed by atoms with Crippen molar-refractivity contribution in [3.05, 3.63) is 35.9 Å². The van der Waals surface area contributed by atoms with E-state index >= 15 is 0 Å². The lowest BCUT2D eigenvalue weighted by Gasteiger charge is -2.20. The molecule has 3 N–H and O–H groups in total. The molecule has 0 aromatic heterocycles. The Morgan fingerprint density at radius 1 is 1.45 bits per heavy atom. The van der Waals surface area contributed by atoms with Crippen LogP contribution in [0.5, 0.6) is 0 Å². The van der Waals surface area contributed by atoms with Crippen molar-refractivity contribution in [3.8, 4) is 0 Å². The molecule has 0 bridgehead atoms. The second-order valence-electron chi connectivity index (χ2n) is 5.42. The van der Waals surface area contributed by atoms with E-state index in [9.17, 15) is 4.79 Å². The van der Waals surface area contributed by atoms with Crippen LogP contribution in [0.15, 0.2) is 30.3 Å². The van der Waals surface area contributed by atoms with E-state index in [4.69, 9.17) is 5.73 Å². The highest BCUT2D eigenvalue weighted by atomic mass is 16.1. The summed E-state index contributed by atoms with van der Waals surface area (Å²) in [6.07, 6.45) is 5.90. The molecule has 2 rings (SSSR count). The van der Waals surface area contributed by atoms with Crippen LogP contribution in [0, 0.1) is 0 Å². The predicted octanol–water partition coefficient (Wildman–Crippen LogP) is 1.88. The fraction of sp³-hybridized carbons (Fsp3) is 0.438. The minimum absolute atomic E-state index is 0.0564. The van der Waals surface area contributed by atoms with E-state index in [1.807, 2.05) is 31.2 Å². The van der Waals surface area contributed by atoms with E-state index in [-0.39, 0.29) is 11.9 Å². The van der Waals surface area contributed by atoms with Crippen LogP contribution in [0.2, 0.25) is 0 Å². The number of amides is 1. The quantitative estimate of drug-likeness (QED) is 0.636. The minimum atomic E-state index is -0.0564. The van der Waals surface area contributed by atoms with Crippen molar-refractivity contribution in [1.29, 1.82) is 0 Å². The van der Waals surface area contributed by atoms with Crippen molar-refractivity contribution in [2.75, 3.05) is 25.4 Å². The van der Waals surface area contributed by atoms with Gasteiger partial charge >= 0.3 is 0 Å². The molecule has 1 atom stereocenters. The van der Waals surface area contributed by atoms with Gasteiger partial charge in [0.1, 0.15) is 0 Å². The van der Waals surface area contributed by atoms with E-state index in [0.717, 1.165) is 25.2 Å². The Hall–Kier alpha value is -1.81. The first-order chi connectivity index (χ1) is 9.63. The molecule has 1 amide bonds. The number of likely N-dealkylation sites (tertiary alicyclic amines) is 1. The van der Waals surface area contributed by atoms with Crippen molar-refractivity contribution in [3.63, 3.8) is 0 Å². The summed E-state index contributed by atoms with van der Waals surface area (Å²) in [5.41, 5.74) is 7.34. The van der Waals surface area contributed by atoms with E-state index in [0.29, 0.717) is 5.69 Å². The van der Waals surface area contributed by atoms with Crippen molar-refractivity contribution in [1.82, 2.24) is 10.2 Å². The molecule has 20 heavy (non-hydrogen) atoms. The summed E-state index contributed by atoms with van der Waals surface area (Å²) in [6, 6.07) is 7.65. The average Bonchev–Trinajstić information content (AvgIpc) is 2.89. The molecule has 1 aromatic rings. The van der Waals surface area contributed by atoms with Crippen LogP contribution in [-0.4, -0.2) is 36.5 Å². The van der Waals surface area contributed by atoms with Gasteiger partial charge in [0.05, 0.1) is 0 Å². The summed E-state index contributed by atoms with van der Waals surface area (Å²) >= 11 is 0. The molecule has 0 radical (unpaired) electrons. The predicted molar refractivity (Wildman–Crippen MR) is 83.2 cm³/mol. The van der Waals surface area contributed by atoms with Gasteiger partial charge in [0.15, 0.2) is 0 Å². The molecule has 4 nitrogen and oxygen atoms in total. The van der Waals surface area contributed by atoms with Crippen LogP contribution in [-0.2, 0) is 4.79 Å². The molecule has 1 aromatic carbocycles. The fourth-order valence-corrected chi connectivity index (χ4v) is 2.52. The normalized spacial score (nSPS) is 17.4. The van der Waals surface area contributed by atoms with Gasteiger partial charge in [-0.3, -0.25) is 4.79 Å². The van der Waals surface area contributed by atoms with Gasteiger partial charge in [0.2, 0.25) is 5.91 Å². The highest BCUT2D eigenvalue weighted by molar-refractivity contribution is 5.92.